The van der Waals surface area contributed by atoms with Gasteiger partial charge in [0, 0.05) is 37.3 Å². The van der Waals surface area contributed by atoms with Crippen LogP contribution in [0.25, 0.3) is 0 Å². The van der Waals surface area contributed by atoms with Gasteiger partial charge in [-0.1, -0.05) is 18.2 Å². The average Bonchev–Trinajstić information content (AvgIpc) is 2.64. The van der Waals surface area contributed by atoms with Gasteiger partial charge in [0.15, 0.2) is 0 Å². The molecule has 17 heavy (non-hydrogen) atoms. The second kappa shape index (κ2) is 5.95. The SMILES string of the molecule is Cl.N[C@H]1CCN(Cc2ccccc2[N+](=O)[O-])C1. The number of rotatable bonds is 3. The van der Waals surface area contributed by atoms with Crippen molar-refractivity contribution in [1.29, 1.82) is 0 Å². The van der Waals surface area contributed by atoms with E-state index in [2.05, 4.69) is 4.90 Å². The number of para-hydroxylation sites is 1. The first-order valence-corrected chi connectivity index (χ1v) is 5.37. The van der Waals surface area contributed by atoms with Crippen molar-refractivity contribution in [2.45, 2.75) is 19.0 Å². The molecule has 94 valence electrons. The summed E-state index contributed by atoms with van der Waals surface area (Å²) >= 11 is 0. The van der Waals surface area contributed by atoms with Gasteiger partial charge >= 0.3 is 0 Å². The van der Waals surface area contributed by atoms with Crippen LogP contribution >= 0.6 is 12.4 Å². The molecule has 0 aliphatic carbocycles. The minimum absolute atomic E-state index is 0. The highest BCUT2D eigenvalue weighted by Gasteiger charge is 2.21. The smallest absolute Gasteiger partial charge is 0.273 e. The first-order chi connectivity index (χ1) is 7.66. The minimum atomic E-state index is -0.328. The monoisotopic (exact) mass is 257 g/mol. The maximum atomic E-state index is 10.8. The molecule has 1 atom stereocenters. The van der Waals surface area contributed by atoms with E-state index in [1.807, 2.05) is 12.1 Å². The predicted octanol–water partition coefficient (Wildman–Crippen LogP) is 1.55. The molecule has 5 nitrogen and oxygen atoms in total. The molecule has 0 amide bonds. The maximum absolute atomic E-state index is 10.8. The second-order valence-electron chi connectivity index (χ2n) is 4.17. The number of benzene rings is 1. The predicted molar refractivity (Wildman–Crippen MR) is 68.2 cm³/mol. The fourth-order valence-electron chi connectivity index (χ4n) is 2.07. The Kier molecular flexibility index (Phi) is 4.86. The van der Waals surface area contributed by atoms with Crippen LogP contribution in [0.2, 0.25) is 0 Å². The van der Waals surface area contributed by atoms with E-state index in [0.717, 1.165) is 25.1 Å². The normalized spacial score (nSPS) is 19.9. The van der Waals surface area contributed by atoms with Crippen LogP contribution in [0.5, 0.6) is 0 Å². The van der Waals surface area contributed by atoms with Crippen molar-refractivity contribution in [2.75, 3.05) is 13.1 Å². The molecule has 0 aromatic heterocycles. The van der Waals surface area contributed by atoms with E-state index < -0.39 is 0 Å². The van der Waals surface area contributed by atoms with Crippen LogP contribution in [-0.4, -0.2) is 29.0 Å². The van der Waals surface area contributed by atoms with Crippen molar-refractivity contribution in [3.8, 4) is 0 Å². The van der Waals surface area contributed by atoms with Crippen molar-refractivity contribution < 1.29 is 4.92 Å². The van der Waals surface area contributed by atoms with Gasteiger partial charge in [-0.15, -0.1) is 12.4 Å². The molecule has 6 heteroatoms. The molecule has 1 fully saturated rings. The van der Waals surface area contributed by atoms with Crippen LogP contribution in [-0.2, 0) is 6.54 Å². The Morgan fingerprint density at radius 2 is 2.18 bits per heavy atom. The lowest BCUT2D eigenvalue weighted by Gasteiger charge is -2.14. The van der Waals surface area contributed by atoms with Gasteiger partial charge in [-0.3, -0.25) is 15.0 Å². The summed E-state index contributed by atoms with van der Waals surface area (Å²) in [6.07, 6.45) is 0.973. The van der Waals surface area contributed by atoms with E-state index in [1.54, 1.807) is 12.1 Å². The quantitative estimate of drug-likeness (QED) is 0.659. The van der Waals surface area contributed by atoms with Gasteiger partial charge in [0.2, 0.25) is 0 Å². The van der Waals surface area contributed by atoms with Gasteiger partial charge < -0.3 is 5.73 Å². The zero-order valence-corrected chi connectivity index (χ0v) is 10.2. The first kappa shape index (κ1) is 13.9. The molecule has 1 aromatic rings. The Balaban J connectivity index is 0.00000144. The molecule has 1 saturated heterocycles. The number of nitrogens with two attached hydrogens (primary N) is 1. The van der Waals surface area contributed by atoms with Crippen LogP contribution < -0.4 is 5.73 Å². The van der Waals surface area contributed by atoms with Crippen molar-refractivity contribution in [1.82, 2.24) is 4.90 Å². The first-order valence-electron chi connectivity index (χ1n) is 5.37. The van der Waals surface area contributed by atoms with Crippen molar-refractivity contribution in [3.63, 3.8) is 0 Å². The van der Waals surface area contributed by atoms with Crippen molar-refractivity contribution in [3.05, 3.63) is 39.9 Å². The van der Waals surface area contributed by atoms with Gasteiger partial charge in [0.1, 0.15) is 0 Å². The molecule has 0 radical (unpaired) electrons. The number of nitrogens with zero attached hydrogens (tertiary/aromatic N) is 2. The summed E-state index contributed by atoms with van der Waals surface area (Å²) in [6.45, 7) is 2.37. The molecular weight excluding hydrogens is 242 g/mol. The van der Waals surface area contributed by atoms with E-state index in [9.17, 15) is 10.1 Å². The van der Waals surface area contributed by atoms with Crippen LogP contribution in [0, 0.1) is 10.1 Å². The van der Waals surface area contributed by atoms with Gasteiger partial charge in [-0.25, -0.2) is 0 Å². The van der Waals surface area contributed by atoms with E-state index in [-0.39, 0.29) is 29.1 Å². The summed E-state index contributed by atoms with van der Waals surface area (Å²) < 4.78 is 0. The minimum Gasteiger partial charge on any atom is -0.326 e. The van der Waals surface area contributed by atoms with Gasteiger partial charge in [-0.05, 0) is 6.42 Å². The van der Waals surface area contributed by atoms with E-state index in [1.165, 1.54) is 0 Å². The molecule has 1 aliphatic heterocycles. The highest BCUT2D eigenvalue weighted by molar-refractivity contribution is 5.85. The maximum Gasteiger partial charge on any atom is 0.273 e. The fraction of sp³-hybridized carbons (Fsp3) is 0.455. The molecule has 0 saturated carbocycles. The Morgan fingerprint density at radius 3 is 2.76 bits per heavy atom. The fourth-order valence-corrected chi connectivity index (χ4v) is 2.07. The molecular formula is C11H16ClN3O2. The Labute approximate surface area is 106 Å². The summed E-state index contributed by atoms with van der Waals surface area (Å²) in [4.78, 5) is 12.7. The summed E-state index contributed by atoms with van der Waals surface area (Å²) in [7, 11) is 0. The lowest BCUT2D eigenvalue weighted by Crippen LogP contribution is -2.26. The highest BCUT2D eigenvalue weighted by atomic mass is 35.5. The topological polar surface area (TPSA) is 72.4 Å². The highest BCUT2D eigenvalue weighted by Crippen LogP contribution is 2.21. The van der Waals surface area contributed by atoms with Gasteiger partial charge in [0.25, 0.3) is 5.69 Å². The average molecular weight is 258 g/mol. The standard InChI is InChI=1S/C11H15N3O2.ClH/c12-10-5-6-13(8-10)7-9-3-1-2-4-11(9)14(15)16;/h1-4,10H,5-8,12H2;1H/t10-;/m0./s1. The third kappa shape index (κ3) is 3.39. The lowest BCUT2D eigenvalue weighted by molar-refractivity contribution is -0.385. The van der Waals surface area contributed by atoms with Crippen LogP contribution in [0.3, 0.4) is 0 Å². The Morgan fingerprint density at radius 1 is 1.47 bits per heavy atom. The summed E-state index contributed by atoms with van der Waals surface area (Å²) in [5.41, 5.74) is 6.76. The van der Waals surface area contributed by atoms with E-state index in [0.29, 0.717) is 6.54 Å². The number of nitro groups is 1. The molecule has 1 heterocycles. The van der Waals surface area contributed by atoms with Crippen LogP contribution in [0.15, 0.2) is 24.3 Å². The Bertz CT molecular complexity index is 400. The summed E-state index contributed by atoms with van der Waals surface area (Å²) in [6, 6.07) is 7.09. The van der Waals surface area contributed by atoms with E-state index >= 15 is 0 Å². The number of likely N-dealkylation sites (tertiary alicyclic amines) is 1. The second-order valence-corrected chi connectivity index (χ2v) is 4.17. The summed E-state index contributed by atoms with van der Waals surface area (Å²) in [5, 5.41) is 10.8. The van der Waals surface area contributed by atoms with Gasteiger partial charge in [0.05, 0.1) is 4.92 Å². The van der Waals surface area contributed by atoms with Crippen LogP contribution in [0.4, 0.5) is 5.69 Å². The van der Waals surface area contributed by atoms with Crippen LogP contribution in [0.1, 0.15) is 12.0 Å². The number of nitro benzene ring substituents is 1. The van der Waals surface area contributed by atoms with Crippen molar-refractivity contribution >= 4 is 18.1 Å². The zero-order valence-electron chi connectivity index (χ0n) is 9.41. The Hall–Kier alpha value is -1.17. The third-order valence-electron chi connectivity index (χ3n) is 2.89. The molecule has 2 N–H and O–H groups in total. The number of hydrogen-bond acceptors (Lipinski definition) is 4. The molecule has 0 unspecified atom stereocenters. The summed E-state index contributed by atoms with van der Waals surface area (Å²) in [5.74, 6) is 0. The van der Waals surface area contributed by atoms with Crippen molar-refractivity contribution in [2.24, 2.45) is 5.73 Å². The third-order valence-corrected chi connectivity index (χ3v) is 2.89. The largest absolute Gasteiger partial charge is 0.326 e. The number of halogens is 1. The zero-order chi connectivity index (χ0) is 11.5. The number of hydrogen-bond donors (Lipinski definition) is 1. The molecule has 1 aromatic carbocycles. The molecule has 2 rings (SSSR count). The van der Waals surface area contributed by atoms with Gasteiger partial charge in [-0.2, -0.15) is 0 Å². The molecule has 0 bridgehead atoms. The molecule has 1 aliphatic rings. The van der Waals surface area contributed by atoms with E-state index in [4.69, 9.17) is 5.73 Å². The molecule has 0 spiro atoms. The lowest BCUT2D eigenvalue weighted by atomic mass is 10.1.